The molecule has 0 unspecified atom stereocenters. The second kappa shape index (κ2) is 9.58. The molecule has 190 valence electrons. The summed E-state index contributed by atoms with van der Waals surface area (Å²) in [7, 11) is -7.85. The molecule has 0 aliphatic carbocycles. The summed E-state index contributed by atoms with van der Waals surface area (Å²) in [6.07, 6.45) is 0.900. The van der Waals surface area contributed by atoms with Crippen LogP contribution in [0.4, 0.5) is 28.9 Å². The number of aromatic carboxylic acids is 1. The van der Waals surface area contributed by atoms with Crippen LogP contribution in [0.3, 0.4) is 0 Å². The van der Waals surface area contributed by atoms with Crippen molar-refractivity contribution in [2.24, 2.45) is 0 Å². The largest absolute Gasteiger partial charge is 0.478 e. The van der Waals surface area contributed by atoms with E-state index in [1.165, 1.54) is 12.1 Å². The zero-order valence-corrected chi connectivity index (χ0v) is 19.5. The molecule has 9 nitrogen and oxygen atoms in total. The lowest BCUT2D eigenvalue weighted by atomic mass is 10.0. The number of anilines is 2. The Morgan fingerprint density at radius 2 is 1.31 bits per heavy atom. The summed E-state index contributed by atoms with van der Waals surface area (Å²) >= 11 is 0. The molecule has 0 aliphatic heterocycles. The van der Waals surface area contributed by atoms with Gasteiger partial charge in [-0.1, -0.05) is 6.07 Å². The summed E-state index contributed by atoms with van der Waals surface area (Å²) in [6, 6.07) is 8.87. The molecule has 3 N–H and O–H groups in total. The van der Waals surface area contributed by atoms with E-state index in [9.17, 15) is 44.0 Å². The van der Waals surface area contributed by atoms with Crippen molar-refractivity contribution in [3.8, 4) is 0 Å². The van der Waals surface area contributed by atoms with Gasteiger partial charge in [-0.2, -0.15) is 0 Å². The average molecular weight is 546 g/mol. The smallest absolute Gasteiger partial charge is 0.339 e. The summed E-state index contributed by atoms with van der Waals surface area (Å²) in [4.78, 5) is 23.1. The molecule has 0 saturated carbocycles. The number of rotatable bonds is 7. The highest BCUT2D eigenvalue weighted by molar-refractivity contribution is 7.92. The Labute approximate surface area is 201 Å². The number of nitrogens with one attached hydrogen (secondary N) is 2. The van der Waals surface area contributed by atoms with Crippen molar-refractivity contribution < 1.29 is 49.1 Å². The first-order valence-corrected chi connectivity index (χ1v) is 12.8. The third-order valence-corrected chi connectivity index (χ3v) is 6.95. The highest BCUT2D eigenvalue weighted by Crippen LogP contribution is 2.28. The van der Waals surface area contributed by atoms with Gasteiger partial charge in [-0.3, -0.25) is 9.52 Å². The van der Waals surface area contributed by atoms with Crippen LogP contribution in [0.5, 0.6) is 0 Å². The molecule has 0 fully saturated rings. The maximum Gasteiger partial charge on any atom is 0.339 e. The molecule has 36 heavy (non-hydrogen) atoms. The predicted molar refractivity (Wildman–Crippen MR) is 118 cm³/mol. The molecular formula is C21H14F4N2O7S2. The van der Waals surface area contributed by atoms with Crippen molar-refractivity contribution in [3.05, 3.63) is 82.9 Å². The van der Waals surface area contributed by atoms with Crippen molar-refractivity contribution in [3.63, 3.8) is 0 Å². The number of carbonyl (C=O) groups is 2. The molecule has 0 bridgehead atoms. The maximum atomic E-state index is 14.2. The highest BCUT2D eigenvalue weighted by atomic mass is 32.2. The molecule has 3 rings (SSSR count). The molecule has 0 spiro atoms. The predicted octanol–water partition coefficient (Wildman–Crippen LogP) is 3.40. The number of carboxylic acids is 1. The Morgan fingerprint density at radius 1 is 0.750 bits per heavy atom. The van der Waals surface area contributed by atoms with Gasteiger partial charge >= 0.3 is 5.97 Å². The molecule has 3 aromatic rings. The van der Waals surface area contributed by atoms with Crippen molar-refractivity contribution in [2.45, 2.75) is 9.79 Å². The minimum absolute atomic E-state index is 0.0903. The third kappa shape index (κ3) is 5.31. The molecular weight excluding hydrogens is 532 g/mol. The van der Waals surface area contributed by atoms with Crippen LogP contribution in [0.2, 0.25) is 0 Å². The van der Waals surface area contributed by atoms with E-state index in [-0.39, 0.29) is 16.3 Å². The number of sulfone groups is 1. The van der Waals surface area contributed by atoms with E-state index in [1.807, 2.05) is 5.32 Å². The van der Waals surface area contributed by atoms with Crippen molar-refractivity contribution in [1.29, 1.82) is 0 Å². The monoisotopic (exact) mass is 546 g/mol. The molecule has 0 radical (unpaired) electrons. The summed E-state index contributed by atoms with van der Waals surface area (Å²) in [6.45, 7) is 0. The van der Waals surface area contributed by atoms with Crippen LogP contribution in [-0.4, -0.2) is 40.1 Å². The van der Waals surface area contributed by atoms with Gasteiger partial charge in [0.15, 0.2) is 23.3 Å². The lowest BCUT2D eigenvalue weighted by Crippen LogP contribution is -2.22. The van der Waals surface area contributed by atoms with Crippen molar-refractivity contribution in [1.82, 2.24) is 0 Å². The van der Waals surface area contributed by atoms with Gasteiger partial charge in [0.1, 0.15) is 5.56 Å². The first-order valence-electron chi connectivity index (χ1n) is 9.47. The van der Waals surface area contributed by atoms with Crippen molar-refractivity contribution in [2.75, 3.05) is 16.3 Å². The van der Waals surface area contributed by atoms with Gasteiger partial charge in [0.05, 0.1) is 21.6 Å². The Bertz CT molecular complexity index is 1610. The number of carbonyl (C=O) groups excluding carboxylic acids is 1. The van der Waals surface area contributed by atoms with Crippen LogP contribution in [0.25, 0.3) is 0 Å². The fourth-order valence-corrected chi connectivity index (χ4v) is 4.90. The van der Waals surface area contributed by atoms with Crippen molar-refractivity contribution >= 4 is 43.1 Å². The Hall–Kier alpha value is -3.98. The summed E-state index contributed by atoms with van der Waals surface area (Å²) < 4.78 is 106. The number of hydrogen-bond donors (Lipinski definition) is 3. The Kier molecular flexibility index (Phi) is 7.08. The molecule has 0 atom stereocenters. The molecule has 0 aliphatic rings. The van der Waals surface area contributed by atoms with E-state index in [0.717, 1.165) is 42.7 Å². The quantitative estimate of drug-likeness (QED) is 0.234. The molecule has 0 saturated heterocycles. The van der Waals surface area contributed by atoms with Crippen LogP contribution < -0.4 is 10.0 Å². The summed E-state index contributed by atoms with van der Waals surface area (Å²) in [5.74, 6) is -13.3. The fraction of sp³-hybridized carbons (Fsp3) is 0.0476. The van der Waals surface area contributed by atoms with E-state index in [2.05, 4.69) is 4.72 Å². The summed E-state index contributed by atoms with van der Waals surface area (Å²) in [5.41, 5.74) is -3.64. The molecule has 0 aromatic heterocycles. The van der Waals surface area contributed by atoms with Gasteiger partial charge in [-0.15, -0.1) is 0 Å². The number of sulfonamides is 1. The topological polar surface area (TPSA) is 147 Å². The van der Waals surface area contributed by atoms with Gasteiger partial charge in [-0.05, 0) is 42.5 Å². The molecule has 0 heterocycles. The van der Waals surface area contributed by atoms with Gasteiger partial charge < -0.3 is 10.4 Å². The number of amides is 1. The Balaban J connectivity index is 1.97. The van der Waals surface area contributed by atoms with Gasteiger partial charge in [-0.25, -0.2) is 39.2 Å². The second-order valence-corrected chi connectivity index (χ2v) is 10.9. The van der Waals surface area contributed by atoms with E-state index < -0.39 is 71.0 Å². The lowest BCUT2D eigenvalue weighted by Gasteiger charge is -2.12. The second-order valence-electron chi connectivity index (χ2n) is 7.20. The number of benzene rings is 3. The zero-order valence-electron chi connectivity index (χ0n) is 17.8. The van der Waals surface area contributed by atoms with Crippen LogP contribution in [0.15, 0.2) is 58.3 Å². The average Bonchev–Trinajstić information content (AvgIpc) is 2.79. The van der Waals surface area contributed by atoms with E-state index in [0.29, 0.717) is 0 Å². The van der Waals surface area contributed by atoms with Gasteiger partial charge in [0.2, 0.25) is 19.9 Å². The lowest BCUT2D eigenvalue weighted by molar-refractivity contribution is 0.0684. The SMILES string of the molecule is CS(=O)(=O)Nc1ccc(S(=O)(=O)c2cccc(NC(=O)c3c(F)c(F)c(F)c(F)c3C(=O)O)c2)cc1. The van der Waals surface area contributed by atoms with Crippen LogP contribution in [0, 0.1) is 23.3 Å². The number of halogens is 4. The van der Waals surface area contributed by atoms with Gasteiger partial charge in [0, 0.05) is 11.4 Å². The van der Waals surface area contributed by atoms with Crippen LogP contribution >= 0.6 is 0 Å². The molecule has 3 aromatic carbocycles. The van der Waals surface area contributed by atoms with E-state index >= 15 is 0 Å². The zero-order chi connectivity index (χ0) is 27.0. The summed E-state index contributed by atoms with van der Waals surface area (Å²) in [5, 5.41) is 11.0. The van der Waals surface area contributed by atoms with Crippen LogP contribution in [0.1, 0.15) is 20.7 Å². The first-order chi connectivity index (χ1) is 16.6. The fourth-order valence-electron chi connectivity index (χ4n) is 3.03. The standard InChI is InChI=1S/C21H14F4N2O7S2/c1-35(31,32)27-10-5-7-12(8-6-10)36(33,34)13-4-2-3-11(9-13)26-20(28)14-15(21(29)30)17(23)19(25)18(24)16(14)22/h2-9,27H,1H3,(H,26,28)(H,29,30). The van der Waals surface area contributed by atoms with Crippen LogP contribution in [-0.2, 0) is 19.9 Å². The van der Waals surface area contributed by atoms with Gasteiger partial charge in [0.25, 0.3) is 5.91 Å². The molecule has 15 heteroatoms. The number of hydrogen-bond acceptors (Lipinski definition) is 6. The normalized spacial score (nSPS) is 11.7. The minimum Gasteiger partial charge on any atom is -0.478 e. The Morgan fingerprint density at radius 3 is 1.83 bits per heavy atom. The molecule has 1 amide bonds. The maximum absolute atomic E-state index is 14.2. The number of carboxylic acid groups (broad SMARTS) is 1. The minimum atomic E-state index is -4.24. The van der Waals surface area contributed by atoms with E-state index in [1.54, 1.807) is 0 Å². The highest BCUT2D eigenvalue weighted by Gasteiger charge is 2.33. The first kappa shape index (κ1) is 26.6. The van der Waals surface area contributed by atoms with E-state index in [4.69, 9.17) is 5.11 Å². The third-order valence-electron chi connectivity index (χ3n) is 4.58.